The summed E-state index contributed by atoms with van der Waals surface area (Å²) < 4.78 is 44.1. The van der Waals surface area contributed by atoms with Gasteiger partial charge in [-0.1, -0.05) is 0 Å². The smallest absolute Gasteiger partial charge is 0.450 e. The Morgan fingerprint density at radius 2 is 2.00 bits per heavy atom. The number of hydrogen-bond donors (Lipinski definition) is 0. The Bertz CT molecular complexity index is 1030. The summed E-state index contributed by atoms with van der Waals surface area (Å²) in [5.41, 5.74) is 1.28. The van der Waals surface area contributed by atoms with E-state index in [1.807, 2.05) is 6.92 Å². The van der Waals surface area contributed by atoms with Gasteiger partial charge < -0.3 is 14.5 Å². The first-order valence-corrected chi connectivity index (χ1v) is 11.8. The van der Waals surface area contributed by atoms with E-state index in [9.17, 15) is 18.0 Å². The zero-order valence-electron chi connectivity index (χ0n) is 19.2. The normalized spacial score (nSPS) is 22.8. The molecule has 2 aliphatic heterocycles. The Morgan fingerprint density at radius 1 is 1.24 bits per heavy atom. The molecule has 0 unspecified atom stereocenters. The average molecular weight is 479 g/mol. The Labute approximate surface area is 196 Å². The number of hydrogen-bond acceptors (Lipinski definition) is 6. The lowest BCUT2D eigenvalue weighted by Gasteiger charge is -2.48. The second kappa shape index (κ2) is 8.75. The summed E-state index contributed by atoms with van der Waals surface area (Å²) in [6.07, 6.45) is 2.51. The number of rotatable bonds is 4. The zero-order valence-corrected chi connectivity index (χ0v) is 19.2. The third kappa shape index (κ3) is 4.33. The molecule has 0 radical (unpaired) electrons. The van der Waals surface area contributed by atoms with Crippen LogP contribution in [0.15, 0.2) is 30.7 Å². The first kappa shape index (κ1) is 22.9. The second-order valence-corrected chi connectivity index (χ2v) is 9.49. The summed E-state index contributed by atoms with van der Waals surface area (Å²) in [5.74, 6) is 0.691. The second-order valence-electron chi connectivity index (χ2n) is 9.49. The summed E-state index contributed by atoms with van der Waals surface area (Å²) in [6.45, 7) is 7.06. The van der Waals surface area contributed by atoms with Crippen molar-refractivity contribution >= 4 is 11.9 Å². The van der Waals surface area contributed by atoms with Crippen molar-refractivity contribution in [2.24, 2.45) is 5.41 Å². The highest BCUT2D eigenvalue weighted by Crippen LogP contribution is 2.47. The summed E-state index contributed by atoms with van der Waals surface area (Å²) in [5, 5.41) is 3.47. The van der Waals surface area contributed by atoms with E-state index in [1.54, 1.807) is 23.2 Å². The largest absolute Gasteiger partial charge is 0.504 e. The van der Waals surface area contributed by atoms with E-state index in [4.69, 9.17) is 4.74 Å². The number of aromatic nitrogens is 3. The van der Waals surface area contributed by atoms with Crippen molar-refractivity contribution < 1.29 is 22.7 Å². The van der Waals surface area contributed by atoms with Crippen LogP contribution in [0.2, 0.25) is 0 Å². The number of carbonyl (C=O) groups is 1. The molecular formula is C23H29F3N6O2. The summed E-state index contributed by atoms with van der Waals surface area (Å²) in [7, 11) is 0. The molecule has 2 saturated heterocycles. The van der Waals surface area contributed by atoms with Gasteiger partial charge in [0, 0.05) is 74.2 Å². The minimum atomic E-state index is -4.54. The fourth-order valence-electron chi connectivity index (χ4n) is 5.66. The molecule has 34 heavy (non-hydrogen) atoms. The maximum atomic E-state index is 13.0. The summed E-state index contributed by atoms with van der Waals surface area (Å²) in [6, 6.07) is 4.02. The quantitative estimate of drug-likeness (QED) is 0.670. The van der Waals surface area contributed by atoms with E-state index in [-0.39, 0.29) is 16.2 Å². The highest BCUT2D eigenvalue weighted by atomic mass is 19.4. The number of pyridine rings is 1. The van der Waals surface area contributed by atoms with Gasteiger partial charge in [0.05, 0.1) is 12.8 Å². The van der Waals surface area contributed by atoms with E-state index in [0.717, 1.165) is 64.7 Å². The zero-order chi connectivity index (χ0) is 23.9. The molecule has 3 fully saturated rings. The van der Waals surface area contributed by atoms with Gasteiger partial charge in [-0.05, 0) is 38.3 Å². The molecule has 1 atom stereocenters. The number of anilines is 1. The highest BCUT2D eigenvalue weighted by Gasteiger charge is 2.51. The van der Waals surface area contributed by atoms with Crippen molar-refractivity contribution in [2.75, 3.05) is 50.8 Å². The Balaban J connectivity index is 1.19. The third-order valence-electron chi connectivity index (χ3n) is 7.33. The van der Waals surface area contributed by atoms with Gasteiger partial charge in [-0.25, -0.2) is 9.78 Å². The van der Waals surface area contributed by atoms with Crippen LogP contribution in [-0.2, 0) is 11.0 Å². The van der Waals surface area contributed by atoms with E-state index in [2.05, 4.69) is 19.9 Å². The molecule has 184 valence electrons. The third-order valence-corrected chi connectivity index (χ3v) is 7.33. The van der Waals surface area contributed by atoms with E-state index >= 15 is 0 Å². The molecule has 0 bridgehead atoms. The number of piperazine rings is 1. The molecule has 2 aromatic heterocycles. The van der Waals surface area contributed by atoms with Gasteiger partial charge >= 0.3 is 12.4 Å². The standard InChI is InChI=1S/C23H29F3N6O2/c1-2-34-21(33)31-15-22(16-31)6-5-18(12-22)29-8-10-30(11-9-29)20-19(4-3-7-27-20)17-13-28-32(14-17)23(24,25)26/h3-4,7,13-14,18H,2,5-6,8-12,15-16H2,1H3/t18-/m1/s1. The molecule has 1 aliphatic carbocycles. The fraction of sp³-hybridized carbons (Fsp3) is 0.609. The van der Waals surface area contributed by atoms with Crippen LogP contribution in [0.5, 0.6) is 0 Å². The predicted molar refractivity (Wildman–Crippen MR) is 119 cm³/mol. The van der Waals surface area contributed by atoms with E-state index in [1.165, 1.54) is 6.20 Å². The Kier molecular flexibility index (Phi) is 5.91. The number of likely N-dealkylation sites (tertiary alicyclic amines) is 1. The number of carbonyl (C=O) groups excluding carboxylic acids is 1. The predicted octanol–water partition coefficient (Wildman–Crippen LogP) is 3.55. The van der Waals surface area contributed by atoms with Gasteiger partial charge in [-0.2, -0.15) is 9.78 Å². The van der Waals surface area contributed by atoms with Crippen molar-refractivity contribution in [1.29, 1.82) is 0 Å². The molecule has 4 heterocycles. The maximum Gasteiger partial charge on any atom is 0.504 e. The maximum absolute atomic E-state index is 13.0. The fourth-order valence-corrected chi connectivity index (χ4v) is 5.66. The highest BCUT2D eigenvalue weighted by molar-refractivity contribution is 5.75. The lowest BCUT2D eigenvalue weighted by Crippen LogP contribution is -2.58. The van der Waals surface area contributed by atoms with Crippen LogP contribution in [0, 0.1) is 5.41 Å². The lowest BCUT2D eigenvalue weighted by atomic mass is 9.78. The lowest BCUT2D eigenvalue weighted by molar-refractivity contribution is -0.212. The number of halogens is 3. The van der Waals surface area contributed by atoms with Crippen LogP contribution in [0.1, 0.15) is 26.2 Å². The number of nitrogens with zero attached hydrogens (tertiary/aromatic N) is 6. The molecular weight excluding hydrogens is 449 g/mol. The van der Waals surface area contributed by atoms with Crippen molar-refractivity contribution in [1.82, 2.24) is 24.6 Å². The molecule has 8 nitrogen and oxygen atoms in total. The molecule has 1 saturated carbocycles. The van der Waals surface area contributed by atoms with Gasteiger partial charge in [-0.3, -0.25) is 4.90 Å². The molecule has 2 aromatic rings. The minimum Gasteiger partial charge on any atom is -0.450 e. The van der Waals surface area contributed by atoms with Crippen molar-refractivity contribution in [3.63, 3.8) is 0 Å². The van der Waals surface area contributed by atoms with Crippen molar-refractivity contribution in [2.45, 2.75) is 38.5 Å². The SMILES string of the molecule is CCOC(=O)N1CC2(CC[C@@H](N3CCN(c4ncccc4-c4cnn(C(F)(F)F)c4)CC3)C2)C1. The van der Waals surface area contributed by atoms with Crippen LogP contribution in [0.4, 0.5) is 23.8 Å². The monoisotopic (exact) mass is 478 g/mol. The summed E-state index contributed by atoms with van der Waals surface area (Å²) >= 11 is 0. The van der Waals surface area contributed by atoms with E-state index in [0.29, 0.717) is 29.6 Å². The molecule has 1 spiro atoms. The van der Waals surface area contributed by atoms with Gasteiger partial charge in [-0.15, -0.1) is 13.2 Å². The molecule has 11 heteroatoms. The number of ether oxygens (including phenoxy) is 1. The van der Waals surface area contributed by atoms with Crippen molar-refractivity contribution in [3.05, 3.63) is 30.7 Å². The molecule has 0 N–H and O–H groups in total. The first-order valence-electron chi connectivity index (χ1n) is 11.8. The molecule has 5 rings (SSSR count). The average Bonchev–Trinajstić information content (AvgIpc) is 3.47. The molecule has 0 aromatic carbocycles. The van der Waals surface area contributed by atoms with Gasteiger partial charge in [0.1, 0.15) is 5.82 Å². The van der Waals surface area contributed by atoms with Crippen molar-refractivity contribution in [3.8, 4) is 11.1 Å². The topological polar surface area (TPSA) is 66.7 Å². The van der Waals surface area contributed by atoms with Crippen LogP contribution in [0.3, 0.4) is 0 Å². The van der Waals surface area contributed by atoms with Crippen LogP contribution in [-0.4, -0.2) is 82.6 Å². The Hall–Kier alpha value is -2.82. The number of amides is 1. The number of alkyl halides is 3. The van der Waals surface area contributed by atoms with Gasteiger partial charge in [0.15, 0.2) is 0 Å². The van der Waals surface area contributed by atoms with Crippen LogP contribution >= 0.6 is 0 Å². The van der Waals surface area contributed by atoms with Crippen LogP contribution in [0.25, 0.3) is 11.1 Å². The first-order chi connectivity index (χ1) is 16.3. The summed E-state index contributed by atoms with van der Waals surface area (Å²) in [4.78, 5) is 22.9. The van der Waals surface area contributed by atoms with Gasteiger partial charge in [0.25, 0.3) is 0 Å². The van der Waals surface area contributed by atoms with Gasteiger partial charge in [0.2, 0.25) is 0 Å². The van der Waals surface area contributed by atoms with Crippen LogP contribution < -0.4 is 4.90 Å². The molecule has 1 amide bonds. The minimum absolute atomic E-state index is 0.0243. The Morgan fingerprint density at radius 3 is 2.68 bits per heavy atom. The van der Waals surface area contributed by atoms with E-state index < -0.39 is 6.30 Å². The molecule has 3 aliphatic rings.